The molecule has 5 heteroatoms. The van der Waals surface area contributed by atoms with Gasteiger partial charge in [-0.2, -0.15) is 5.26 Å². The molecule has 1 aromatic heterocycles. The Morgan fingerprint density at radius 2 is 2.29 bits per heavy atom. The number of hydrogen-bond acceptors (Lipinski definition) is 2. The van der Waals surface area contributed by atoms with Gasteiger partial charge >= 0.3 is 0 Å². The van der Waals surface area contributed by atoms with Crippen molar-refractivity contribution in [2.45, 2.75) is 19.2 Å². The number of alkyl halides is 3. The van der Waals surface area contributed by atoms with Crippen LogP contribution in [0.1, 0.15) is 28.9 Å². The summed E-state index contributed by atoms with van der Waals surface area (Å²) in [5.41, 5.74) is 0.191. The summed E-state index contributed by atoms with van der Waals surface area (Å²) < 4.78 is 25.1. The van der Waals surface area contributed by atoms with Crippen molar-refractivity contribution in [3.8, 4) is 6.07 Å². The minimum atomic E-state index is -2.72. The van der Waals surface area contributed by atoms with E-state index in [1.54, 1.807) is 13.0 Å². The van der Waals surface area contributed by atoms with Crippen LogP contribution in [0.4, 0.5) is 8.78 Å². The standard InChI is InChI=1S/C9H7ClF2N2/c1-5-2-6(3-10)8(9(11)12)7(4-13)14-5/h2,9H,3H2,1H3. The van der Waals surface area contributed by atoms with Crippen LogP contribution in [-0.4, -0.2) is 4.98 Å². The Balaban J connectivity index is 3.42. The molecule has 0 aromatic carbocycles. The highest BCUT2D eigenvalue weighted by Gasteiger charge is 2.19. The summed E-state index contributed by atoms with van der Waals surface area (Å²) in [5.74, 6) is -0.0439. The van der Waals surface area contributed by atoms with Crippen molar-refractivity contribution in [3.05, 3.63) is 28.6 Å². The second-order valence-electron chi connectivity index (χ2n) is 2.73. The number of rotatable bonds is 2. The lowest BCUT2D eigenvalue weighted by Crippen LogP contribution is -2.01. The molecule has 0 fully saturated rings. The van der Waals surface area contributed by atoms with Crippen molar-refractivity contribution in [2.75, 3.05) is 0 Å². The first kappa shape index (κ1) is 10.9. The third-order valence-corrected chi connectivity index (χ3v) is 2.03. The van der Waals surface area contributed by atoms with E-state index in [2.05, 4.69) is 4.98 Å². The largest absolute Gasteiger partial charge is 0.266 e. The molecule has 0 spiro atoms. The van der Waals surface area contributed by atoms with E-state index in [1.165, 1.54) is 6.07 Å². The van der Waals surface area contributed by atoms with Crippen molar-refractivity contribution in [1.29, 1.82) is 5.26 Å². The van der Waals surface area contributed by atoms with Gasteiger partial charge in [0.1, 0.15) is 11.8 Å². The van der Waals surface area contributed by atoms with E-state index in [0.29, 0.717) is 5.69 Å². The molecule has 14 heavy (non-hydrogen) atoms. The van der Waals surface area contributed by atoms with Gasteiger partial charge in [0.15, 0.2) is 0 Å². The summed E-state index contributed by atoms with van der Waals surface area (Å²) >= 11 is 5.51. The van der Waals surface area contributed by atoms with E-state index in [9.17, 15) is 8.78 Å². The molecule has 0 aliphatic rings. The number of halogens is 3. The van der Waals surface area contributed by atoms with Gasteiger partial charge in [0, 0.05) is 11.6 Å². The van der Waals surface area contributed by atoms with Crippen LogP contribution in [0.25, 0.3) is 0 Å². The maximum atomic E-state index is 12.5. The van der Waals surface area contributed by atoms with Crippen molar-refractivity contribution in [1.82, 2.24) is 4.98 Å². The van der Waals surface area contributed by atoms with Crippen LogP contribution >= 0.6 is 11.6 Å². The van der Waals surface area contributed by atoms with Crippen molar-refractivity contribution < 1.29 is 8.78 Å². The lowest BCUT2D eigenvalue weighted by Gasteiger charge is -2.08. The fourth-order valence-electron chi connectivity index (χ4n) is 1.19. The van der Waals surface area contributed by atoms with Crippen molar-refractivity contribution in [3.63, 3.8) is 0 Å². The van der Waals surface area contributed by atoms with Crippen molar-refractivity contribution in [2.24, 2.45) is 0 Å². The van der Waals surface area contributed by atoms with Crippen LogP contribution in [0.15, 0.2) is 6.07 Å². The molecule has 1 heterocycles. The number of pyridine rings is 1. The van der Waals surface area contributed by atoms with E-state index in [1.807, 2.05) is 0 Å². The van der Waals surface area contributed by atoms with E-state index in [-0.39, 0.29) is 22.7 Å². The van der Waals surface area contributed by atoms with E-state index >= 15 is 0 Å². The molecule has 1 aromatic rings. The van der Waals surface area contributed by atoms with E-state index < -0.39 is 6.43 Å². The second-order valence-corrected chi connectivity index (χ2v) is 3.00. The Kier molecular flexibility index (Phi) is 3.37. The molecule has 0 bridgehead atoms. The molecular weight excluding hydrogens is 210 g/mol. The molecule has 2 nitrogen and oxygen atoms in total. The summed E-state index contributed by atoms with van der Waals surface area (Å²) in [5, 5.41) is 8.62. The second kappa shape index (κ2) is 4.34. The molecule has 0 radical (unpaired) electrons. The molecule has 0 unspecified atom stereocenters. The topological polar surface area (TPSA) is 36.7 Å². The predicted octanol–water partition coefficient (Wildman–Crippen LogP) is 2.94. The molecule has 0 N–H and O–H groups in total. The van der Waals surface area contributed by atoms with Gasteiger partial charge in [-0.1, -0.05) is 0 Å². The van der Waals surface area contributed by atoms with Crippen LogP contribution in [0.3, 0.4) is 0 Å². The van der Waals surface area contributed by atoms with Crippen LogP contribution in [0, 0.1) is 18.3 Å². The van der Waals surface area contributed by atoms with Crippen LogP contribution in [0.5, 0.6) is 0 Å². The minimum absolute atomic E-state index is 0.0439. The molecule has 0 amide bonds. The Bertz CT molecular complexity index is 385. The monoisotopic (exact) mass is 216 g/mol. The van der Waals surface area contributed by atoms with Crippen LogP contribution in [0.2, 0.25) is 0 Å². The molecule has 0 aliphatic carbocycles. The first-order valence-corrected chi connectivity index (χ1v) is 4.38. The maximum absolute atomic E-state index is 12.5. The first-order valence-electron chi connectivity index (χ1n) is 3.84. The van der Waals surface area contributed by atoms with Crippen molar-refractivity contribution >= 4 is 11.6 Å². The Morgan fingerprint density at radius 3 is 2.71 bits per heavy atom. The number of aryl methyl sites for hydroxylation is 1. The van der Waals surface area contributed by atoms with Crippen LogP contribution < -0.4 is 0 Å². The third kappa shape index (κ3) is 1.99. The summed E-state index contributed by atoms with van der Waals surface area (Å²) in [6, 6.07) is 3.11. The minimum Gasteiger partial charge on any atom is -0.242 e. The molecule has 0 atom stereocenters. The molecule has 0 saturated carbocycles. The quantitative estimate of drug-likeness (QED) is 0.713. The van der Waals surface area contributed by atoms with Gasteiger partial charge in [-0.3, -0.25) is 0 Å². The highest BCUT2D eigenvalue weighted by molar-refractivity contribution is 6.17. The smallest absolute Gasteiger partial charge is 0.242 e. The Labute approximate surface area is 85.1 Å². The van der Waals surface area contributed by atoms with Gasteiger partial charge in [-0.25, -0.2) is 13.8 Å². The van der Waals surface area contributed by atoms with Gasteiger partial charge in [0.05, 0.1) is 5.56 Å². The highest BCUT2D eigenvalue weighted by Crippen LogP contribution is 2.27. The van der Waals surface area contributed by atoms with Crippen LogP contribution in [-0.2, 0) is 5.88 Å². The van der Waals surface area contributed by atoms with E-state index in [4.69, 9.17) is 16.9 Å². The molecule has 1 rings (SSSR count). The number of nitrogens with zero attached hydrogens (tertiary/aromatic N) is 2. The fourth-order valence-corrected chi connectivity index (χ4v) is 1.41. The molecule has 0 aliphatic heterocycles. The zero-order valence-electron chi connectivity index (χ0n) is 7.39. The predicted molar refractivity (Wildman–Crippen MR) is 48.2 cm³/mol. The number of nitriles is 1. The number of aromatic nitrogens is 1. The average molecular weight is 217 g/mol. The van der Waals surface area contributed by atoms with Gasteiger partial charge in [0.2, 0.25) is 0 Å². The molecule has 74 valence electrons. The van der Waals surface area contributed by atoms with Gasteiger partial charge in [-0.15, -0.1) is 11.6 Å². The SMILES string of the molecule is Cc1cc(CCl)c(C(F)F)c(C#N)n1. The van der Waals surface area contributed by atoms with Gasteiger partial charge in [0.25, 0.3) is 6.43 Å². The fraction of sp³-hybridized carbons (Fsp3) is 0.333. The maximum Gasteiger partial charge on any atom is 0.266 e. The lowest BCUT2D eigenvalue weighted by atomic mass is 10.1. The van der Waals surface area contributed by atoms with E-state index in [0.717, 1.165) is 0 Å². The Hall–Kier alpha value is -1.21. The molecular formula is C9H7ClF2N2. The lowest BCUT2D eigenvalue weighted by molar-refractivity contribution is 0.149. The average Bonchev–Trinajstić information content (AvgIpc) is 2.15. The van der Waals surface area contributed by atoms with Gasteiger partial charge < -0.3 is 0 Å². The third-order valence-electron chi connectivity index (χ3n) is 1.74. The van der Waals surface area contributed by atoms with Gasteiger partial charge in [-0.05, 0) is 18.6 Å². The highest BCUT2D eigenvalue weighted by atomic mass is 35.5. The summed E-state index contributed by atoms with van der Waals surface area (Å²) in [7, 11) is 0. The zero-order chi connectivity index (χ0) is 10.7. The zero-order valence-corrected chi connectivity index (χ0v) is 8.15. The number of hydrogen-bond donors (Lipinski definition) is 0. The summed E-state index contributed by atoms with van der Waals surface area (Å²) in [6.07, 6.45) is -2.72. The molecule has 0 saturated heterocycles. The summed E-state index contributed by atoms with van der Waals surface area (Å²) in [4.78, 5) is 3.72. The Morgan fingerprint density at radius 1 is 1.64 bits per heavy atom. The normalized spacial score (nSPS) is 10.3. The first-order chi connectivity index (χ1) is 6.60. The summed E-state index contributed by atoms with van der Waals surface area (Å²) in [6.45, 7) is 1.63.